The molecule has 1 aromatic heterocycles. The van der Waals surface area contributed by atoms with Gasteiger partial charge < -0.3 is 9.80 Å². The Morgan fingerprint density at radius 1 is 1.05 bits per heavy atom. The maximum Gasteiger partial charge on any atom is 0.138 e. The topological polar surface area (TPSA) is 32.3 Å². The van der Waals surface area contributed by atoms with E-state index in [-0.39, 0.29) is 0 Å². The largest absolute Gasteiger partial charge is 0.356 e. The number of rotatable bonds is 2. The molecule has 2 aromatic rings. The minimum Gasteiger partial charge on any atom is -0.356 e. The fourth-order valence-electron chi connectivity index (χ4n) is 3.50. The summed E-state index contributed by atoms with van der Waals surface area (Å²) in [6.45, 7) is 4.49. The summed E-state index contributed by atoms with van der Waals surface area (Å²) in [5.41, 5.74) is 2.70. The lowest BCUT2D eigenvalue weighted by atomic mass is 10.1. The zero-order valence-electron chi connectivity index (χ0n) is 12.4. The fourth-order valence-corrected chi connectivity index (χ4v) is 3.50. The molecule has 4 heteroatoms. The smallest absolute Gasteiger partial charge is 0.138 e. The van der Waals surface area contributed by atoms with E-state index in [2.05, 4.69) is 57.0 Å². The molecule has 2 aliphatic rings. The van der Waals surface area contributed by atoms with Gasteiger partial charge in [0.15, 0.2) is 0 Å². The van der Waals surface area contributed by atoms with E-state index in [4.69, 9.17) is 0 Å². The molecular weight excluding hydrogens is 260 g/mol. The van der Waals surface area contributed by atoms with Crippen molar-refractivity contribution >= 4 is 17.3 Å². The van der Waals surface area contributed by atoms with E-state index in [1.807, 2.05) is 0 Å². The predicted molar refractivity (Wildman–Crippen MR) is 85.2 cm³/mol. The number of anilines is 3. The monoisotopic (exact) mass is 280 g/mol. The van der Waals surface area contributed by atoms with Gasteiger partial charge in [-0.2, -0.15) is 0 Å². The Bertz CT molecular complexity index is 649. The van der Waals surface area contributed by atoms with Gasteiger partial charge >= 0.3 is 0 Å². The van der Waals surface area contributed by atoms with E-state index in [1.54, 1.807) is 6.33 Å². The molecule has 0 amide bonds. The average molecular weight is 280 g/mol. The normalized spacial score (nSPS) is 20.9. The summed E-state index contributed by atoms with van der Waals surface area (Å²) in [5.74, 6) is 2.08. The van der Waals surface area contributed by atoms with Crippen molar-refractivity contribution < 1.29 is 0 Å². The second kappa shape index (κ2) is 5.02. The van der Waals surface area contributed by atoms with Gasteiger partial charge in [0, 0.05) is 30.9 Å². The molecule has 0 N–H and O–H groups in total. The van der Waals surface area contributed by atoms with E-state index in [9.17, 15) is 0 Å². The number of aromatic nitrogens is 2. The first-order valence-electron chi connectivity index (χ1n) is 7.77. The van der Waals surface area contributed by atoms with Gasteiger partial charge in [-0.25, -0.2) is 9.97 Å². The third kappa shape index (κ3) is 2.15. The number of benzene rings is 1. The maximum absolute atomic E-state index is 4.53. The first-order valence-corrected chi connectivity index (χ1v) is 7.77. The molecule has 0 bridgehead atoms. The van der Waals surface area contributed by atoms with Gasteiger partial charge in [-0.15, -0.1) is 0 Å². The lowest BCUT2D eigenvalue weighted by Gasteiger charge is -2.25. The number of para-hydroxylation sites is 1. The Hall–Kier alpha value is -2.10. The van der Waals surface area contributed by atoms with E-state index in [1.165, 1.54) is 24.1 Å². The quantitative estimate of drug-likeness (QED) is 0.846. The first-order chi connectivity index (χ1) is 10.3. The van der Waals surface area contributed by atoms with Crippen molar-refractivity contribution in [3.05, 3.63) is 42.2 Å². The first kappa shape index (κ1) is 12.6. The van der Waals surface area contributed by atoms with Crippen molar-refractivity contribution in [1.82, 2.24) is 9.97 Å². The van der Waals surface area contributed by atoms with Gasteiger partial charge in [-0.1, -0.05) is 18.2 Å². The average Bonchev–Trinajstić information content (AvgIpc) is 3.14. The van der Waals surface area contributed by atoms with Crippen LogP contribution in [0, 0.1) is 0 Å². The van der Waals surface area contributed by atoms with Crippen LogP contribution in [0.15, 0.2) is 36.7 Å². The van der Waals surface area contributed by atoms with Crippen LogP contribution >= 0.6 is 0 Å². The zero-order valence-corrected chi connectivity index (χ0v) is 12.4. The standard InChI is InChI=1S/C17H20N4/c1-13-10-14-6-2-3-7-15(14)21(13)17-11-16(18-12-19-17)20-8-4-5-9-20/h2-3,6-7,11-13H,4-5,8-10H2,1H3. The third-order valence-corrected chi connectivity index (χ3v) is 4.52. The Morgan fingerprint density at radius 3 is 2.67 bits per heavy atom. The summed E-state index contributed by atoms with van der Waals surface area (Å²) in [4.78, 5) is 13.7. The maximum atomic E-state index is 4.53. The van der Waals surface area contributed by atoms with Crippen molar-refractivity contribution in [3.63, 3.8) is 0 Å². The van der Waals surface area contributed by atoms with Gasteiger partial charge in [0.25, 0.3) is 0 Å². The number of fused-ring (bicyclic) bond motifs is 1. The summed E-state index contributed by atoms with van der Waals surface area (Å²) < 4.78 is 0. The van der Waals surface area contributed by atoms with E-state index >= 15 is 0 Å². The van der Waals surface area contributed by atoms with E-state index < -0.39 is 0 Å². The van der Waals surface area contributed by atoms with Crippen LogP contribution in [-0.4, -0.2) is 29.1 Å². The summed E-state index contributed by atoms with van der Waals surface area (Å²) in [5, 5.41) is 0. The van der Waals surface area contributed by atoms with Gasteiger partial charge in [0.05, 0.1) is 0 Å². The third-order valence-electron chi connectivity index (χ3n) is 4.52. The zero-order chi connectivity index (χ0) is 14.2. The lowest BCUT2D eigenvalue weighted by molar-refractivity contribution is 0.748. The van der Waals surface area contributed by atoms with Crippen LogP contribution in [-0.2, 0) is 6.42 Å². The van der Waals surface area contributed by atoms with Crippen LogP contribution in [0.4, 0.5) is 17.3 Å². The second-order valence-electron chi connectivity index (χ2n) is 5.98. The van der Waals surface area contributed by atoms with Crippen LogP contribution in [0.1, 0.15) is 25.3 Å². The predicted octanol–water partition coefficient (Wildman–Crippen LogP) is 3.16. The van der Waals surface area contributed by atoms with Gasteiger partial charge in [0.2, 0.25) is 0 Å². The lowest BCUT2D eigenvalue weighted by Crippen LogP contribution is -2.26. The number of hydrogen-bond donors (Lipinski definition) is 0. The molecule has 0 spiro atoms. The molecule has 1 aromatic carbocycles. The van der Waals surface area contributed by atoms with Gasteiger partial charge in [-0.3, -0.25) is 0 Å². The van der Waals surface area contributed by atoms with Crippen LogP contribution < -0.4 is 9.80 Å². The minimum absolute atomic E-state index is 0.448. The van der Waals surface area contributed by atoms with Crippen LogP contribution in [0.2, 0.25) is 0 Å². The summed E-state index contributed by atoms with van der Waals surface area (Å²) in [6, 6.07) is 11.2. The molecule has 2 aliphatic heterocycles. The molecule has 4 nitrogen and oxygen atoms in total. The molecule has 21 heavy (non-hydrogen) atoms. The van der Waals surface area contributed by atoms with E-state index in [0.717, 1.165) is 31.1 Å². The summed E-state index contributed by atoms with van der Waals surface area (Å²) in [6.07, 6.45) is 5.32. The minimum atomic E-state index is 0.448. The van der Waals surface area contributed by atoms with Crippen molar-refractivity contribution in [1.29, 1.82) is 0 Å². The Labute approximate surface area is 125 Å². The Morgan fingerprint density at radius 2 is 1.81 bits per heavy atom. The second-order valence-corrected chi connectivity index (χ2v) is 5.98. The molecule has 1 unspecified atom stereocenters. The molecule has 4 rings (SSSR count). The summed E-state index contributed by atoms with van der Waals surface area (Å²) in [7, 11) is 0. The van der Waals surface area contributed by atoms with Crippen molar-refractivity contribution in [3.8, 4) is 0 Å². The molecule has 108 valence electrons. The van der Waals surface area contributed by atoms with Crippen molar-refractivity contribution in [2.45, 2.75) is 32.2 Å². The highest BCUT2D eigenvalue weighted by atomic mass is 15.3. The molecule has 3 heterocycles. The number of nitrogens with zero attached hydrogens (tertiary/aromatic N) is 4. The Kier molecular flexibility index (Phi) is 3.02. The molecule has 1 saturated heterocycles. The molecular formula is C17H20N4. The molecule has 0 aliphatic carbocycles. The fraction of sp³-hybridized carbons (Fsp3) is 0.412. The van der Waals surface area contributed by atoms with Crippen LogP contribution in [0.3, 0.4) is 0 Å². The van der Waals surface area contributed by atoms with E-state index in [0.29, 0.717) is 6.04 Å². The van der Waals surface area contributed by atoms with Gasteiger partial charge in [-0.05, 0) is 37.8 Å². The van der Waals surface area contributed by atoms with Crippen LogP contribution in [0.25, 0.3) is 0 Å². The molecule has 1 fully saturated rings. The number of hydrogen-bond acceptors (Lipinski definition) is 4. The summed E-state index contributed by atoms with van der Waals surface area (Å²) >= 11 is 0. The highest BCUT2D eigenvalue weighted by Crippen LogP contribution is 2.37. The van der Waals surface area contributed by atoms with Crippen molar-refractivity contribution in [2.24, 2.45) is 0 Å². The van der Waals surface area contributed by atoms with Gasteiger partial charge in [0.1, 0.15) is 18.0 Å². The van der Waals surface area contributed by atoms with Crippen molar-refractivity contribution in [2.75, 3.05) is 22.9 Å². The highest BCUT2D eigenvalue weighted by Gasteiger charge is 2.28. The van der Waals surface area contributed by atoms with Crippen LogP contribution in [0.5, 0.6) is 0 Å². The molecule has 0 saturated carbocycles. The SMILES string of the molecule is CC1Cc2ccccc2N1c1cc(N2CCCC2)ncn1. The Balaban J connectivity index is 1.71. The molecule has 1 atom stereocenters. The molecule has 0 radical (unpaired) electrons. The highest BCUT2D eigenvalue weighted by molar-refractivity contribution is 5.70.